The van der Waals surface area contributed by atoms with Crippen LogP contribution in [0.5, 0.6) is 0 Å². The summed E-state index contributed by atoms with van der Waals surface area (Å²) >= 11 is 7.48. The van der Waals surface area contributed by atoms with Gasteiger partial charge in [-0.15, -0.1) is 11.3 Å². The van der Waals surface area contributed by atoms with Crippen LogP contribution in [0.15, 0.2) is 12.1 Å². The summed E-state index contributed by atoms with van der Waals surface area (Å²) in [6.45, 7) is 4.38. The molecule has 18 heavy (non-hydrogen) atoms. The molecule has 2 heterocycles. The minimum absolute atomic E-state index is 0.532. The van der Waals surface area contributed by atoms with Gasteiger partial charge < -0.3 is 5.11 Å². The van der Waals surface area contributed by atoms with Crippen LogP contribution in [-0.2, 0) is 11.3 Å². The van der Waals surface area contributed by atoms with E-state index in [4.69, 9.17) is 11.6 Å². The highest BCUT2D eigenvalue weighted by Crippen LogP contribution is 2.36. The largest absolute Gasteiger partial charge is 0.481 e. The topological polar surface area (TPSA) is 40.5 Å². The van der Waals surface area contributed by atoms with Crippen molar-refractivity contribution in [2.45, 2.75) is 32.7 Å². The maximum Gasteiger partial charge on any atom is 0.310 e. The third-order valence-electron chi connectivity index (χ3n) is 3.62. The zero-order valence-corrected chi connectivity index (χ0v) is 12.1. The average Bonchev–Trinajstić information content (AvgIpc) is 2.88. The number of likely N-dealkylation sites (tertiary alicyclic amines) is 1. The predicted molar refractivity (Wildman–Crippen MR) is 74.2 cm³/mol. The normalized spacial score (nSPS) is 24.6. The first kappa shape index (κ1) is 13.8. The van der Waals surface area contributed by atoms with Crippen LogP contribution in [0.25, 0.3) is 0 Å². The van der Waals surface area contributed by atoms with Crippen LogP contribution in [0.1, 0.15) is 31.1 Å². The lowest BCUT2D eigenvalue weighted by Crippen LogP contribution is -2.34. The molecule has 0 bridgehead atoms. The van der Waals surface area contributed by atoms with Crippen molar-refractivity contribution in [1.82, 2.24) is 4.90 Å². The Labute approximate surface area is 116 Å². The lowest BCUT2D eigenvalue weighted by Gasteiger charge is -2.24. The number of thiophene rings is 1. The van der Waals surface area contributed by atoms with Crippen molar-refractivity contribution in [1.29, 1.82) is 0 Å². The van der Waals surface area contributed by atoms with Gasteiger partial charge >= 0.3 is 5.97 Å². The molecule has 1 aliphatic rings. The molecule has 5 heteroatoms. The third kappa shape index (κ3) is 2.87. The SMILES string of the molecule is CCCC1(C(=O)O)CCN(Cc2ccc(Cl)s2)C1. The average molecular weight is 288 g/mol. The monoisotopic (exact) mass is 287 g/mol. The number of carboxylic acids is 1. The molecule has 1 fully saturated rings. The Bertz CT molecular complexity index is 434. The molecular formula is C13H18ClNO2S. The first-order valence-corrected chi connectivity index (χ1v) is 7.45. The summed E-state index contributed by atoms with van der Waals surface area (Å²) in [6, 6.07) is 3.92. The number of carbonyl (C=O) groups is 1. The summed E-state index contributed by atoms with van der Waals surface area (Å²) in [5, 5.41) is 9.44. The molecule has 1 aliphatic heterocycles. The Morgan fingerprint density at radius 1 is 1.61 bits per heavy atom. The fraction of sp³-hybridized carbons (Fsp3) is 0.615. The van der Waals surface area contributed by atoms with Crippen LogP contribution < -0.4 is 0 Å². The Hall–Kier alpha value is -0.580. The van der Waals surface area contributed by atoms with Gasteiger partial charge in [0.25, 0.3) is 0 Å². The highest BCUT2D eigenvalue weighted by molar-refractivity contribution is 7.16. The maximum absolute atomic E-state index is 11.5. The second-order valence-corrected chi connectivity index (χ2v) is 6.80. The van der Waals surface area contributed by atoms with Crippen LogP contribution in [0.3, 0.4) is 0 Å². The molecule has 1 aromatic rings. The lowest BCUT2D eigenvalue weighted by atomic mass is 9.83. The van der Waals surface area contributed by atoms with Gasteiger partial charge in [-0.3, -0.25) is 9.69 Å². The summed E-state index contributed by atoms with van der Waals surface area (Å²) in [4.78, 5) is 14.9. The Morgan fingerprint density at radius 3 is 2.94 bits per heavy atom. The zero-order valence-electron chi connectivity index (χ0n) is 10.5. The second-order valence-electron chi connectivity index (χ2n) is 5.00. The second kappa shape index (κ2) is 5.59. The number of halogens is 1. The smallest absolute Gasteiger partial charge is 0.310 e. The van der Waals surface area contributed by atoms with Crippen LogP contribution in [0.2, 0.25) is 4.34 Å². The van der Waals surface area contributed by atoms with E-state index < -0.39 is 11.4 Å². The maximum atomic E-state index is 11.5. The molecule has 1 atom stereocenters. The molecule has 0 aliphatic carbocycles. The Balaban J connectivity index is 2.00. The van der Waals surface area contributed by atoms with Crippen LogP contribution in [0, 0.1) is 5.41 Å². The summed E-state index contributed by atoms with van der Waals surface area (Å²) in [5.74, 6) is -0.643. The minimum Gasteiger partial charge on any atom is -0.481 e. The molecule has 1 unspecified atom stereocenters. The van der Waals surface area contributed by atoms with E-state index in [0.717, 1.165) is 36.7 Å². The molecule has 0 amide bonds. The molecule has 2 rings (SSSR count). The molecule has 0 spiro atoms. The third-order valence-corrected chi connectivity index (χ3v) is 4.84. The fourth-order valence-corrected chi connectivity index (χ4v) is 3.84. The number of nitrogens with zero attached hydrogens (tertiary/aromatic N) is 1. The molecule has 1 aromatic heterocycles. The number of aliphatic carboxylic acids is 1. The van der Waals surface area contributed by atoms with Gasteiger partial charge in [-0.05, 0) is 31.5 Å². The lowest BCUT2D eigenvalue weighted by molar-refractivity contribution is -0.148. The van der Waals surface area contributed by atoms with Gasteiger partial charge in [0.2, 0.25) is 0 Å². The van der Waals surface area contributed by atoms with Crippen molar-refractivity contribution in [3.63, 3.8) is 0 Å². The van der Waals surface area contributed by atoms with E-state index in [1.165, 1.54) is 4.88 Å². The first-order valence-electron chi connectivity index (χ1n) is 6.26. The Morgan fingerprint density at radius 2 is 2.39 bits per heavy atom. The quantitative estimate of drug-likeness (QED) is 0.901. The summed E-state index contributed by atoms with van der Waals surface area (Å²) < 4.78 is 0.794. The molecule has 0 aromatic carbocycles. The van der Waals surface area contributed by atoms with Crippen molar-refractivity contribution >= 4 is 28.9 Å². The van der Waals surface area contributed by atoms with E-state index in [1.54, 1.807) is 11.3 Å². The van der Waals surface area contributed by atoms with E-state index in [-0.39, 0.29) is 0 Å². The Kier molecular flexibility index (Phi) is 4.30. The van der Waals surface area contributed by atoms with E-state index in [1.807, 2.05) is 19.1 Å². The van der Waals surface area contributed by atoms with Gasteiger partial charge in [-0.1, -0.05) is 24.9 Å². The molecule has 0 radical (unpaired) electrons. The molecule has 100 valence electrons. The van der Waals surface area contributed by atoms with Crippen molar-refractivity contribution in [3.8, 4) is 0 Å². The number of hydrogen-bond donors (Lipinski definition) is 1. The van der Waals surface area contributed by atoms with Gasteiger partial charge in [0.1, 0.15) is 0 Å². The van der Waals surface area contributed by atoms with Crippen molar-refractivity contribution in [2.75, 3.05) is 13.1 Å². The van der Waals surface area contributed by atoms with Gasteiger partial charge in [0, 0.05) is 18.0 Å². The van der Waals surface area contributed by atoms with Gasteiger partial charge in [0.15, 0.2) is 0 Å². The number of carboxylic acid groups (broad SMARTS) is 1. The van der Waals surface area contributed by atoms with E-state index >= 15 is 0 Å². The summed E-state index contributed by atoms with van der Waals surface area (Å²) in [6.07, 6.45) is 2.45. The highest BCUT2D eigenvalue weighted by Gasteiger charge is 2.43. The molecular weight excluding hydrogens is 270 g/mol. The zero-order chi connectivity index (χ0) is 13.2. The summed E-state index contributed by atoms with van der Waals surface area (Å²) in [5.41, 5.74) is -0.532. The minimum atomic E-state index is -0.643. The van der Waals surface area contributed by atoms with Crippen LogP contribution in [0.4, 0.5) is 0 Å². The van der Waals surface area contributed by atoms with Crippen molar-refractivity contribution in [2.24, 2.45) is 5.41 Å². The van der Waals surface area contributed by atoms with Gasteiger partial charge in [-0.2, -0.15) is 0 Å². The van der Waals surface area contributed by atoms with Gasteiger partial charge in [-0.25, -0.2) is 0 Å². The first-order chi connectivity index (χ1) is 8.55. The van der Waals surface area contributed by atoms with Crippen molar-refractivity contribution in [3.05, 3.63) is 21.3 Å². The van der Waals surface area contributed by atoms with E-state index in [9.17, 15) is 9.90 Å². The number of rotatable bonds is 5. The highest BCUT2D eigenvalue weighted by atomic mass is 35.5. The molecule has 0 saturated carbocycles. The standard InChI is InChI=1S/C13H18ClNO2S/c1-2-5-13(12(16)17)6-7-15(9-13)8-10-3-4-11(14)18-10/h3-4H,2,5-9H2,1H3,(H,16,17). The fourth-order valence-electron chi connectivity index (χ4n) is 2.71. The van der Waals surface area contributed by atoms with E-state index in [0.29, 0.717) is 6.54 Å². The molecule has 1 saturated heterocycles. The van der Waals surface area contributed by atoms with Crippen LogP contribution >= 0.6 is 22.9 Å². The molecule has 1 N–H and O–H groups in total. The number of hydrogen-bond acceptors (Lipinski definition) is 3. The van der Waals surface area contributed by atoms with E-state index in [2.05, 4.69) is 4.90 Å². The summed E-state index contributed by atoms with van der Waals surface area (Å²) in [7, 11) is 0. The predicted octanol–water partition coefficient (Wildman–Crippen LogP) is 3.48. The van der Waals surface area contributed by atoms with Crippen LogP contribution in [-0.4, -0.2) is 29.1 Å². The van der Waals surface area contributed by atoms with Gasteiger partial charge in [0.05, 0.1) is 9.75 Å². The molecule has 3 nitrogen and oxygen atoms in total. The van der Waals surface area contributed by atoms with Crippen molar-refractivity contribution < 1.29 is 9.90 Å².